The van der Waals surface area contributed by atoms with Gasteiger partial charge in [-0.3, -0.25) is 13.9 Å². The monoisotopic (exact) mass is 1210 g/mol. The number of likely N-dealkylation sites (tertiary alicyclic amines) is 2. The first-order valence-corrected chi connectivity index (χ1v) is 28.8. The Labute approximate surface area is 510 Å². The number of para-hydroxylation sites is 2. The number of amides is 2. The van der Waals surface area contributed by atoms with Gasteiger partial charge in [-0.15, -0.1) is 0 Å². The van der Waals surface area contributed by atoms with Crippen molar-refractivity contribution in [2.75, 3.05) is 105 Å². The summed E-state index contributed by atoms with van der Waals surface area (Å²) in [7, 11) is 7.18. The summed E-state index contributed by atoms with van der Waals surface area (Å²) in [6, 6.07) is 32.6. The number of aliphatic carboxylic acids is 1. The summed E-state index contributed by atoms with van der Waals surface area (Å²) in [4.78, 5) is 59.9. The maximum Gasteiger partial charge on any atom is 0.410 e. The van der Waals surface area contributed by atoms with Gasteiger partial charge in [-0.05, 0) is 107 Å². The number of nitrogen functional groups attached to an aromatic ring is 2. The zero-order chi connectivity index (χ0) is 62.9. The van der Waals surface area contributed by atoms with Crippen LogP contribution in [0.5, 0.6) is 23.0 Å². The molecule has 10 rings (SSSR count). The smallest absolute Gasteiger partial charge is 0.410 e. The summed E-state index contributed by atoms with van der Waals surface area (Å²) in [5, 5.41) is 9.18. The van der Waals surface area contributed by atoms with Crippen LogP contribution in [0.15, 0.2) is 146 Å². The number of likely N-dealkylation sites (N-methyl/N-ethyl adjacent to an activating group) is 2. The highest BCUT2D eigenvalue weighted by Gasteiger charge is 2.36. The molecule has 21 nitrogen and oxygen atoms in total. The zero-order valence-corrected chi connectivity index (χ0v) is 50.6. The number of fused-ring (bicyclic) bond motifs is 2. The standard InChI is InChI=1S/C30H33FN6O3.C27H28FN5O3.C8H15NO3/c1-35(17-18-39-2)15-6-9-25(38)36-16-14-22(19-36)37-28(31)26(27-29(32)33-20-34-30(27)37)21-10-12-24(13-11-21)40-23-7-4-3-5-8-23;1-27(2,3)36-26(34)32-14-13-18(15-32)33-23(28)21(22-24(29)30-16-31-25(22)33)17-9-11-20(12-10-17)35-19-7-5-4-6-8-19;1-9(6-7-12-2)5-3-4-8(10)11/h3-13,20,22H,14-19H2,1-2H3,(H2,32,33,34);4-12,16,18H,13-15H2,1-3H3,(H2,29,30,31);3-4H,5-7H2,1-2H3,(H,10,11)/b9-6+;;4-3+/t22-;18-;/m11./s1. The van der Waals surface area contributed by atoms with Crippen molar-refractivity contribution in [1.29, 1.82) is 0 Å². The van der Waals surface area contributed by atoms with Crippen molar-refractivity contribution in [3.05, 3.63) is 158 Å². The first-order chi connectivity index (χ1) is 42.3. The summed E-state index contributed by atoms with van der Waals surface area (Å²) < 4.78 is 62.7. The molecule has 0 saturated carbocycles. The van der Waals surface area contributed by atoms with Crippen molar-refractivity contribution in [2.45, 2.75) is 51.3 Å². The lowest BCUT2D eigenvalue weighted by Gasteiger charge is -2.24. The number of hydrogen-bond acceptors (Lipinski definition) is 16. The predicted molar refractivity (Wildman–Crippen MR) is 334 cm³/mol. The molecule has 88 heavy (non-hydrogen) atoms. The molecule has 2 saturated heterocycles. The molecule has 2 atom stereocenters. The minimum Gasteiger partial charge on any atom is -0.478 e. The Morgan fingerprint density at radius 3 is 1.44 bits per heavy atom. The van der Waals surface area contributed by atoms with Gasteiger partial charge in [0.1, 0.15) is 64.2 Å². The van der Waals surface area contributed by atoms with Crippen molar-refractivity contribution in [2.24, 2.45) is 0 Å². The molecule has 0 aliphatic carbocycles. The van der Waals surface area contributed by atoms with E-state index in [1.165, 1.54) is 17.2 Å². The van der Waals surface area contributed by atoms with Crippen molar-refractivity contribution in [3.63, 3.8) is 0 Å². The topological polar surface area (TPSA) is 244 Å². The number of carbonyl (C=O) groups is 3. The number of hydrogen-bond donors (Lipinski definition) is 3. The molecule has 5 N–H and O–H groups in total. The van der Waals surface area contributed by atoms with Crippen LogP contribution in [0.3, 0.4) is 0 Å². The second-order valence-electron chi connectivity index (χ2n) is 22.1. The number of anilines is 2. The molecule has 23 heteroatoms. The van der Waals surface area contributed by atoms with Crippen LogP contribution in [-0.2, 0) is 23.8 Å². The van der Waals surface area contributed by atoms with E-state index in [9.17, 15) is 14.4 Å². The molecule has 0 radical (unpaired) electrons. The molecule has 0 spiro atoms. The van der Waals surface area contributed by atoms with Crippen molar-refractivity contribution < 1.29 is 52.0 Å². The molecule has 6 heterocycles. The fourth-order valence-corrected chi connectivity index (χ4v) is 10.1. The van der Waals surface area contributed by atoms with E-state index < -0.39 is 29.6 Å². The number of nitrogens with two attached hydrogens (primary N) is 2. The van der Waals surface area contributed by atoms with E-state index in [0.717, 1.165) is 19.2 Å². The maximum absolute atomic E-state index is 16.2. The molecule has 2 fully saturated rings. The van der Waals surface area contributed by atoms with Crippen LogP contribution in [0.1, 0.15) is 45.7 Å². The average Bonchev–Trinajstić information content (AvgIpc) is 1.89. The van der Waals surface area contributed by atoms with Gasteiger partial charge >= 0.3 is 12.1 Å². The van der Waals surface area contributed by atoms with Crippen LogP contribution in [0.4, 0.5) is 25.2 Å². The Hall–Kier alpha value is -9.29. The Bertz CT molecular complexity index is 3670. The van der Waals surface area contributed by atoms with Crippen LogP contribution in [0, 0.1) is 11.9 Å². The van der Waals surface area contributed by atoms with Gasteiger partial charge in [-0.1, -0.05) is 72.8 Å². The second kappa shape index (κ2) is 30.4. The largest absolute Gasteiger partial charge is 0.478 e. The summed E-state index contributed by atoms with van der Waals surface area (Å²) in [6.45, 7) is 11.3. The van der Waals surface area contributed by atoms with E-state index in [1.807, 2.05) is 107 Å². The van der Waals surface area contributed by atoms with E-state index >= 15 is 8.78 Å². The minimum absolute atomic E-state index is 0.0946. The average molecular weight is 1210 g/mol. The Morgan fingerprint density at radius 2 is 1.02 bits per heavy atom. The predicted octanol–water partition coefficient (Wildman–Crippen LogP) is 10.5. The number of carbonyl (C=O) groups excluding carboxylic acids is 2. The molecule has 2 aliphatic heterocycles. The highest BCUT2D eigenvalue weighted by molar-refractivity contribution is 6.02. The van der Waals surface area contributed by atoms with Gasteiger partial charge < -0.3 is 59.9 Å². The lowest BCUT2D eigenvalue weighted by molar-refractivity contribution is -0.131. The molecule has 464 valence electrons. The van der Waals surface area contributed by atoms with Crippen LogP contribution in [-0.4, -0.2) is 171 Å². The van der Waals surface area contributed by atoms with Crippen molar-refractivity contribution >= 4 is 51.7 Å². The lowest BCUT2D eigenvalue weighted by Crippen LogP contribution is -2.35. The third-order valence-corrected chi connectivity index (χ3v) is 14.5. The third-order valence-electron chi connectivity index (χ3n) is 14.5. The fraction of sp³-hybridized carbons (Fsp3) is 0.338. The van der Waals surface area contributed by atoms with Gasteiger partial charge in [0, 0.05) is 89.9 Å². The molecule has 2 amide bonds. The van der Waals surface area contributed by atoms with Gasteiger partial charge in [0.25, 0.3) is 0 Å². The molecule has 0 bridgehead atoms. The molecule has 2 aliphatic rings. The number of nitrogens with zero attached hydrogens (tertiary/aromatic N) is 10. The number of carboxylic acid groups (broad SMARTS) is 1. The zero-order valence-electron chi connectivity index (χ0n) is 50.6. The van der Waals surface area contributed by atoms with Crippen molar-refractivity contribution in [1.82, 2.24) is 48.7 Å². The first-order valence-electron chi connectivity index (χ1n) is 28.8. The fourth-order valence-electron chi connectivity index (χ4n) is 10.1. The first kappa shape index (κ1) is 64.7. The summed E-state index contributed by atoms with van der Waals surface area (Å²) in [6.07, 6.45) is 9.60. The number of aromatic nitrogens is 6. The summed E-state index contributed by atoms with van der Waals surface area (Å²) in [5.41, 5.74) is 14.6. The van der Waals surface area contributed by atoms with E-state index in [-0.39, 0.29) is 29.6 Å². The molecule has 4 aromatic carbocycles. The number of ether oxygens (including phenoxy) is 5. The Kier molecular flexibility index (Phi) is 22.3. The van der Waals surface area contributed by atoms with Gasteiger partial charge in [-0.25, -0.2) is 29.5 Å². The molecule has 0 unspecified atom stereocenters. The minimum atomic E-state index is -0.907. The van der Waals surface area contributed by atoms with Gasteiger partial charge in [0.05, 0.1) is 36.1 Å². The van der Waals surface area contributed by atoms with E-state index in [0.29, 0.717) is 133 Å². The SMILES string of the molecule is CC(C)(C)OC(=O)N1CC[C@@H](n2c(F)c(-c3ccc(Oc4ccccc4)cc3)c3c(N)ncnc32)C1.COCCN(C)C/C=C/C(=O)N1CC[C@@H](n2c(F)c(-c3ccc(Oc4ccccc4)cc3)c3c(N)ncnc32)C1.COCCN(C)C/C=C/C(=O)O. The molecule has 4 aromatic heterocycles. The van der Waals surface area contributed by atoms with Crippen LogP contribution in [0.25, 0.3) is 44.3 Å². The van der Waals surface area contributed by atoms with E-state index in [1.54, 1.807) is 89.3 Å². The normalized spacial score (nSPS) is 15.1. The Balaban J connectivity index is 0.000000193. The number of benzene rings is 4. The number of carboxylic acids is 1. The van der Waals surface area contributed by atoms with Gasteiger partial charge in [0.2, 0.25) is 17.8 Å². The van der Waals surface area contributed by atoms with Crippen LogP contribution < -0.4 is 20.9 Å². The third kappa shape index (κ3) is 16.8. The van der Waals surface area contributed by atoms with Crippen LogP contribution in [0.2, 0.25) is 0 Å². The molecule has 8 aromatic rings. The molecular weight excluding hydrogens is 1130 g/mol. The Morgan fingerprint density at radius 1 is 0.614 bits per heavy atom. The number of methoxy groups -OCH3 is 2. The number of halogens is 2. The van der Waals surface area contributed by atoms with Crippen molar-refractivity contribution in [3.8, 4) is 45.3 Å². The summed E-state index contributed by atoms with van der Waals surface area (Å²) in [5.74, 6) is 1.16. The quantitative estimate of drug-likeness (QED) is 0.0601. The lowest BCUT2D eigenvalue weighted by atomic mass is 10.1. The second-order valence-corrected chi connectivity index (χ2v) is 22.1. The van der Waals surface area contributed by atoms with E-state index in [2.05, 4.69) is 24.8 Å². The maximum atomic E-state index is 16.2. The number of rotatable bonds is 20. The van der Waals surface area contributed by atoms with Gasteiger partial charge in [0.15, 0.2) is 0 Å². The summed E-state index contributed by atoms with van der Waals surface area (Å²) >= 11 is 0. The molecular formula is C65H76F2N12O9. The highest BCUT2D eigenvalue weighted by atomic mass is 19.1. The van der Waals surface area contributed by atoms with E-state index in [4.69, 9.17) is 40.3 Å². The highest BCUT2D eigenvalue weighted by Crippen LogP contribution is 2.42. The van der Waals surface area contributed by atoms with Crippen LogP contribution >= 0.6 is 0 Å². The van der Waals surface area contributed by atoms with Gasteiger partial charge in [-0.2, -0.15) is 8.78 Å².